The van der Waals surface area contributed by atoms with Crippen LogP contribution in [0.5, 0.6) is 0 Å². The van der Waals surface area contributed by atoms with Crippen molar-refractivity contribution in [3.05, 3.63) is 70.7 Å². The van der Waals surface area contributed by atoms with Crippen LogP contribution in [0.2, 0.25) is 5.02 Å². The Morgan fingerprint density at radius 3 is 3.00 bits per heavy atom. The Hall–Kier alpha value is -3.14. The molecular weight excluding hydrogens is 432 g/mol. The molecule has 170 valence electrons. The summed E-state index contributed by atoms with van der Waals surface area (Å²) >= 11 is 5.95. The second-order valence-corrected chi connectivity index (χ2v) is 7.52. The largest absolute Gasteiger partial charge is 0.481 e. The van der Waals surface area contributed by atoms with Gasteiger partial charge in [0, 0.05) is 44.2 Å². The van der Waals surface area contributed by atoms with Crippen molar-refractivity contribution in [1.82, 2.24) is 15.2 Å². The lowest BCUT2D eigenvalue weighted by atomic mass is 10.3. The number of likely N-dealkylation sites (tertiary alicyclic amines) is 1. The van der Waals surface area contributed by atoms with Gasteiger partial charge in [-0.2, -0.15) is 0 Å². The van der Waals surface area contributed by atoms with Gasteiger partial charge in [0.25, 0.3) is 0 Å². The van der Waals surface area contributed by atoms with Crippen molar-refractivity contribution in [3.8, 4) is 0 Å². The zero-order valence-electron chi connectivity index (χ0n) is 18.0. The third-order valence-corrected chi connectivity index (χ3v) is 4.98. The van der Waals surface area contributed by atoms with Gasteiger partial charge in [-0.25, -0.2) is 15.0 Å². The average molecular weight is 459 g/mol. The predicted octanol–water partition coefficient (Wildman–Crippen LogP) is 2.15. The van der Waals surface area contributed by atoms with Crippen LogP contribution in [0.4, 0.5) is 0 Å². The highest BCUT2D eigenvalue weighted by Crippen LogP contribution is 2.18. The van der Waals surface area contributed by atoms with Crippen LogP contribution in [0.3, 0.4) is 0 Å². The van der Waals surface area contributed by atoms with E-state index in [1.807, 2.05) is 19.2 Å². The van der Waals surface area contributed by atoms with Crippen molar-refractivity contribution in [2.75, 3.05) is 26.7 Å². The van der Waals surface area contributed by atoms with Crippen molar-refractivity contribution >= 4 is 29.3 Å². The number of aliphatic imine (C=N–C) groups is 1. The van der Waals surface area contributed by atoms with Crippen LogP contribution < -0.4 is 16.4 Å². The molecule has 1 atom stereocenters. The number of β-amino-alcohol motifs (C(OH)–C–C–N with tert-alkyl or cyclic N) is 1. The van der Waals surface area contributed by atoms with E-state index in [1.54, 1.807) is 24.5 Å². The first-order valence-electron chi connectivity index (χ1n) is 10.1. The minimum atomic E-state index is -0.239. The van der Waals surface area contributed by atoms with E-state index in [4.69, 9.17) is 26.5 Å². The van der Waals surface area contributed by atoms with E-state index in [-0.39, 0.29) is 6.10 Å². The quantitative estimate of drug-likeness (QED) is 0.388. The highest BCUT2D eigenvalue weighted by Gasteiger charge is 2.18. The maximum Gasteiger partial charge on any atom is 0.219 e. The molecule has 0 radical (unpaired) electrons. The number of nitrogens with zero attached hydrogens (tertiary/aromatic N) is 4. The van der Waals surface area contributed by atoms with Crippen molar-refractivity contribution in [3.63, 3.8) is 0 Å². The maximum atomic E-state index is 9.65. The van der Waals surface area contributed by atoms with Crippen molar-refractivity contribution in [2.24, 2.45) is 15.7 Å². The highest BCUT2D eigenvalue weighted by molar-refractivity contribution is 6.32. The van der Waals surface area contributed by atoms with Gasteiger partial charge in [0.05, 0.1) is 35.0 Å². The normalized spacial score (nSPS) is 19.8. The molecule has 2 aromatic rings. The molecular formula is C22H27ClN6O3. The zero-order valence-corrected chi connectivity index (χ0v) is 18.8. The summed E-state index contributed by atoms with van der Waals surface area (Å²) in [5.41, 5.74) is 7.28. The third kappa shape index (κ3) is 6.94. The molecule has 1 aliphatic rings. The second kappa shape index (κ2) is 11.5. The molecule has 1 aliphatic heterocycles. The number of ether oxygens (including phenoxy) is 1. The lowest BCUT2D eigenvalue weighted by Gasteiger charge is -2.11. The number of aliphatic hydroxyl groups is 1. The van der Waals surface area contributed by atoms with E-state index in [1.165, 1.54) is 19.5 Å². The Morgan fingerprint density at radius 1 is 1.53 bits per heavy atom. The van der Waals surface area contributed by atoms with E-state index >= 15 is 0 Å². The summed E-state index contributed by atoms with van der Waals surface area (Å²) in [6.45, 7) is 4.19. The van der Waals surface area contributed by atoms with Gasteiger partial charge in [-0.15, -0.1) is 0 Å². The van der Waals surface area contributed by atoms with E-state index < -0.39 is 0 Å². The number of halogens is 1. The molecule has 1 fully saturated rings. The minimum Gasteiger partial charge on any atom is -0.481 e. The summed E-state index contributed by atoms with van der Waals surface area (Å²) < 4.78 is 10.7. The predicted molar refractivity (Wildman–Crippen MR) is 125 cm³/mol. The molecule has 0 amide bonds. The number of hydrogen-bond acceptors (Lipinski definition) is 9. The maximum absolute atomic E-state index is 9.65. The van der Waals surface area contributed by atoms with Crippen LogP contribution in [0.25, 0.3) is 11.8 Å². The van der Waals surface area contributed by atoms with Gasteiger partial charge in [0.15, 0.2) is 0 Å². The summed E-state index contributed by atoms with van der Waals surface area (Å²) in [4.78, 5) is 15.2. The molecule has 1 aromatic heterocycles. The molecule has 10 heteroatoms. The monoisotopic (exact) mass is 458 g/mol. The highest BCUT2D eigenvalue weighted by atomic mass is 35.5. The summed E-state index contributed by atoms with van der Waals surface area (Å²) in [6.07, 6.45) is 11.9. The number of nitrogens with one attached hydrogen (secondary N) is 1. The van der Waals surface area contributed by atoms with Crippen LogP contribution >= 0.6 is 11.6 Å². The number of oxazole rings is 1. The first-order valence-corrected chi connectivity index (χ1v) is 10.5. The Balaban J connectivity index is 1.75. The number of aromatic nitrogens is 1. The Kier molecular flexibility index (Phi) is 8.43. The number of rotatable bonds is 9. The van der Waals surface area contributed by atoms with Gasteiger partial charge in [0.1, 0.15) is 12.0 Å². The molecule has 32 heavy (non-hydrogen) atoms. The third-order valence-electron chi connectivity index (χ3n) is 4.67. The van der Waals surface area contributed by atoms with Crippen molar-refractivity contribution < 1.29 is 14.3 Å². The first kappa shape index (κ1) is 23.5. The average Bonchev–Trinajstić information content (AvgIpc) is 3.14. The van der Waals surface area contributed by atoms with Gasteiger partial charge in [-0.1, -0.05) is 17.7 Å². The van der Waals surface area contributed by atoms with Gasteiger partial charge in [0.2, 0.25) is 11.8 Å². The minimum absolute atomic E-state index is 0.239. The number of aliphatic hydroxyl groups excluding tert-OH is 1. The fourth-order valence-electron chi connectivity index (χ4n) is 2.99. The fraction of sp³-hybridized carbons (Fsp3) is 0.318. The van der Waals surface area contributed by atoms with Gasteiger partial charge in [-0.3, -0.25) is 4.90 Å². The van der Waals surface area contributed by atoms with E-state index in [9.17, 15) is 5.11 Å². The van der Waals surface area contributed by atoms with E-state index in [0.29, 0.717) is 40.4 Å². The number of allylic oxidation sites excluding steroid dienone is 1. The Bertz CT molecular complexity index is 1070. The summed E-state index contributed by atoms with van der Waals surface area (Å²) in [5, 5.41) is 14.3. The molecule has 0 saturated carbocycles. The standard InChI is InChI=1S/C22H27ClN6O3/c1-15(27-18-12-17(18)23)22(26-8-3-10-29-11-6-16(30)13-29)19-14-32-21(28-19)5-4-20(31-2)25-9-7-24/h3-5,7-9,12,14,16,26,30H,6,10-11,13,24H2,1-2H3/b5-4-,8-3+,9-7+,22-15-,25-20+,27-18?. The van der Waals surface area contributed by atoms with Crippen LogP contribution in [-0.4, -0.2) is 53.7 Å². The fourth-order valence-corrected chi connectivity index (χ4v) is 3.14. The van der Waals surface area contributed by atoms with Crippen molar-refractivity contribution in [2.45, 2.75) is 19.4 Å². The van der Waals surface area contributed by atoms with Crippen LogP contribution in [-0.2, 0) is 4.74 Å². The van der Waals surface area contributed by atoms with Gasteiger partial charge in [-0.05, 0) is 25.6 Å². The topological polar surface area (TPSA) is 122 Å². The van der Waals surface area contributed by atoms with Gasteiger partial charge < -0.3 is 25.3 Å². The van der Waals surface area contributed by atoms with E-state index in [0.717, 1.165) is 24.9 Å². The Morgan fingerprint density at radius 2 is 2.34 bits per heavy atom. The SMILES string of the molecule is COC(/C=C\c1nc(/C(N/C=C/CN2CCC(O)C2)=C(\C)N=c2cc2Cl)co1)=N/C=C/N. The lowest BCUT2D eigenvalue weighted by Crippen LogP contribution is -2.22. The number of nitrogens with two attached hydrogens (primary N) is 1. The molecule has 9 nitrogen and oxygen atoms in total. The van der Waals surface area contributed by atoms with Gasteiger partial charge >= 0.3 is 0 Å². The first-order chi connectivity index (χ1) is 15.5. The second-order valence-electron chi connectivity index (χ2n) is 7.12. The molecule has 0 spiro atoms. The molecule has 1 aromatic carbocycles. The molecule has 0 aliphatic carbocycles. The number of hydrogen-bond donors (Lipinski definition) is 3. The lowest BCUT2D eigenvalue weighted by molar-refractivity contribution is 0.179. The van der Waals surface area contributed by atoms with Crippen LogP contribution in [0.15, 0.2) is 63.2 Å². The molecule has 0 bridgehead atoms. The molecule has 3 rings (SSSR count). The zero-order chi connectivity index (χ0) is 22.9. The smallest absolute Gasteiger partial charge is 0.219 e. The summed E-state index contributed by atoms with van der Waals surface area (Å²) in [5.74, 6) is 0.728. The molecule has 4 N–H and O–H groups in total. The molecule has 1 saturated heterocycles. The Labute approximate surface area is 191 Å². The number of methoxy groups -OCH3 is 1. The summed E-state index contributed by atoms with van der Waals surface area (Å²) in [6, 6.07) is 1.79. The van der Waals surface area contributed by atoms with Crippen LogP contribution in [0.1, 0.15) is 24.9 Å². The summed E-state index contributed by atoms with van der Waals surface area (Å²) in [7, 11) is 1.51. The van der Waals surface area contributed by atoms with E-state index in [2.05, 4.69) is 25.2 Å². The molecule has 1 unspecified atom stereocenters. The van der Waals surface area contributed by atoms with Crippen molar-refractivity contribution in [1.29, 1.82) is 0 Å². The molecule has 2 heterocycles. The van der Waals surface area contributed by atoms with Crippen LogP contribution in [0, 0.1) is 0 Å².